The molecule has 0 atom stereocenters. The number of benzene rings is 2. The average molecular weight is 461 g/mol. The fourth-order valence-corrected chi connectivity index (χ4v) is 2.86. The van der Waals surface area contributed by atoms with Crippen molar-refractivity contribution in [3.63, 3.8) is 0 Å². The number of methoxy groups -OCH3 is 1. The summed E-state index contributed by atoms with van der Waals surface area (Å²) in [5.41, 5.74) is 6.45. The molecule has 2 rings (SSSR count). The average Bonchev–Trinajstić information content (AvgIpc) is 2.71. The van der Waals surface area contributed by atoms with Crippen LogP contribution in [0.2, 0.25) is 0 Å². The molecule has 0 radical (unpaired) electrons. The maximum atomic E-state index is 12.5. The number of rotatable bonds is 9. The number of nitrogens with zero attached hydrogens (tertiary/aromatic N) is 1. The third-order valence-electron chi connectivity index (χ3n) is 3.88. The Labute approximate surface area is 177 Å². The van der Waals surface area contributed by atoms with Gasteiger partial charge in [0.15, 0.2) is 6.61 Å². The van der Waals surface area contributed by atoms with Crippen LogP contribution in [0.4, 0.5) is 5.69 Å². The van der Waals surface area contributed by atoms with E-state index in [0.717, 1.165) is 4.47 Å². The molecule has 2 amide bonds. The molecule has 0 aromatic heterocycles. The molecular formula is C21H21BrN2O5. The second-order valence-electron chi connectivity index (χ2n) is 5.92. The van der Waals surface area contributed by atoms with Crippen LogP contribution in [0.25, 0.3) is 6.08 Å². The first-order valence-electron chi connectivity index (χ1n) is 8.73. The molecule has 0 saturated carbocycles. The highest BCUT2D eigenvalue weighted by atomic mass is 79.9. The van der Waals surface area contributed by atoms with Crippen molar-refractivity contribution in [2.24, 2.45) is 5.73 Å². The van der Waals surface area contributed by atoms with Crippen LogP contribution in [0.15, 0.2) is 59.1 Å². The first-order valence-corrected chi connectivity index (χ1v) is 9.52. The zero-order valence-electron chi connectivity index (χ0n) is 15.8. The van der Waals surface area contributed by atoms with E-state index in [1.165, 1.54) is 18.1 Å². The number of para-hydroxylation sites is 1. The summed E-state index contributed by atoms with van der Waals surface area (Å²) in [7, 11) is 1.53. The molecule has 29 heavy (non-hydrogen) atoms. The number of hydrogen-bond acceptors (Lipinski definition) is 5. The highest BCUT2D eigenvalue weighted by Crippen LogP contribution is 2.24. The lowest BCUT2D eigenvalue weighted by molar-refractivity contribution is -0.143. The molecular weight excluding hydrogens is 440 g/mol. The predicted molar refractivity (Wildman–Crippen MR) is 113 cm³/mol. The van der Waals surface area contributed by atoms with Gasteiger partial charge in [0.1, 0.15) is 5.75 Å². The summed E-state index contributed by atoms with van der Waals surface area (Å²) >= 11 is 3.36. The Balaban J connectivity index is 2.00. The van der Waals surface area contributed by atoms with Crippen molar-refractivity contribution in [3.8, 4) is 5.75 Å². The lowest BCUT2D eigenvalue weighted by Gasteiger charge is -2.22. The van der Waals surface area contributed by atoms with Crippen LogP contribution >= 0.6 is 15.9 Å². The van der Waals surface area contributed by atoms with Gasteiger partial charge in [0.2, 0.25) is 5.91 Å². The lowest BCUT2D eigenvalue weighted by atomic mass is 10.2. The Morgan fingerprint density at radius 1 is 1.14 bits per heavy atom. The second-order valence-corrected chi connectivity index (χ2v) is 6.84. The van der Waals surface area contributed by atoms with Crippen LogP contribution in [0.5, 0.6) is 5.75 Å². The molecule has 8 heteroatoms. The third kappa shape index (κ3) is 7.08. The Morgan fingerprint density at radius 3 is 2.52 bits per heavy atom. The van der Waals surface area contributed by atoms with Crippen molar-refractivity contribution >= 4 is 45.5 Å². The van der Waals surface area contributed by atoms with Crippen molar-refractivity contribution in [1.82, 2.24) is 0 Å². The summed E-state index contributed by atoms with van der Waals surface area (Å²) in [5, 5.41) is 0. The van der Waals surface area contributed by atoms with E-state index in [4.69, 9.17) is 15.2 Å². The smallest absolute Gasteiger partial charge is 0.331 e. The minimum absolute atomic E-state index is 0.00281. The summed E-state index contributed by atoms with van der Waals surface area (Å²) in [6.45, 7) is -0.368. The maximum absolute atomic E-state index is 12.5. The van der Waals surface area contributed by atoms with Crippen LogP contribution < -0.4 is 15.4 Å². The quantitative estimate of drug-likeness (QED) is 0.458. The highest BCUT2D eigenvalue weighted by Gasteiger charge is 2.17. The van der Waals surface area contributed by atoms with Gasteiger partial charge in [-0.2, -0.15) is 0 Å². The van der Waals surface area contributed by atoms with Gasteiger partial charge in [0.05, 0.1) is 7.11 Å². The molecule has 0 spiro atoms. The van der Waals surface area contributed by atoms with Crippen LogP contribution in [0.1, 0.15) is 12.0 Å². The molecule has 0 fully saturated rings. The van der Waals surface area contributed by atoms with Crippen LogP contribution in [0, 0.1) is 0 Å². The maximum Gasteiger partial charge on any atom is 0.331 e. The second kappa shape index (κ2) is 11.0. The lowest BCUT2D eigenvalue weighted by Crippen LogP contribution is -2.37. The van der Waals surface area contributed by atoms with Gasteiger partial charge in [-0.25, -0.2) is 4.79 Å². The molecule has 2 aromatic carbocycles. The highest BCUT2D eigenvalue weighted by molar-refractivity contribution is 9.10. The molecule has 152 valence electrons. The van der Waals surface area contributed by atoms with Crippen molar-refractivity contribution < 1.29 is 23.9 Å². The van der Waals surface area contributed by atoms with Crippen molar-refractivity contribution in [2.75, 3.05) is 25.2 Å². The standard InChI is InChI=1S/C21H21BrN2O5/c1-28-18-9-8-16(22)13-15(18)7-10-21(27)29-14-20(26)24(12-11-19(23)25)17-5-3-2-4-6-17/h2-10,13H,11-12,14H2,1H3,(H2,23,25)/b10-7+. The zero-order chi connectivity index (χ0) is 21.2. The number of carbonyl (C=O) groups is 3. The first kappa shape index (κ1) is 22.2. The van der Waals surface area contributed by atoms with E-state index < -0.39 is 24.4 Å². The van der Waals surface area contributed by atoms with E-state index in [-0.39, 0.29) is 13.0 Å². The SMILES string of the molecule is COc1ccc(Br)cc1/C=C/C(=O)OCC(=O)N(CCC(N)=O)c1ccccc1. The van der Waals surface area contributed by atoms with Crippen LogP contribution in [0.3, 0.4) is 0 Å². The topological polar surface area (TPSA) is 98.9 Å². The van der Waals surface area contributed by atoms with Crippen LogP contribution in [-0.2, 0) is 19.1 Å². The Hall–Kier alpha value is -3.13. The summed E-state index contributed by atoms with van der Waals surface area (Å²) in [6, 6.07) is 14.1. The van der Waals surface area contributed by atoms with Gasteiger partial charge >= 0.3 is 5.97 Å². The van der Waals surface area contributed by atoms with E-state index in [1.807, 2.05) is 6.07 Å². The fourth-order valence-electron chi connectivity index (χ4n) is 2.48. The number of primary amides is 1. The Kier molecular flexibility index (Phi) is 8.42. The van der Waals surface area contributed by atoms with Gasteiger partial charge in [0, 0.05) is 34.8 Å². The third-order valence-corrected chi connectivity index (χ3v) is 4.37. The number of hydrogen-bond donors (Lipinski definition) is 1. The minimum Gasteiger partial charge on any atom is -0.496 e. The Morgan fingerprint density at radius 2 is 1.86 bits per heavy atom. The number of carbonyl (C=O) groups excluding carboxylic acids is 3. The fraction of sp³-hybridized carbons (Fsp3) is 0.190. The zero-order valence-corrected chi connectivity index (χ0v) is 17.4. The molecule has 0 aliphatic rings. The van der Waals surface area contributed by atoms with Crippen molar-refractivity contribution in [2.45, 2.75) is 6.42 Å². The molecule has 0 aliphatic heterocycles. The van der Waals surface area contributed by atoms with Gasteiger partial charge in [-0.15, -0.1) is 0 Å². The number of nitrogens with two attached hydrogens (primary N) is 1. The van der Waals surface area contributed by atoms with Gasteiger partial charge < -0.3 is 20.1 Å². The van der Waals surface area contributed by atoms with E-state index in [9.17, 15) is 14.4 Å². The number of amides is 2. The molecule has 0 saturated heterocycles. The molecule has 0 bridgehead atoms. The van der Waals surface area contributed by atoms with E-state index >= 15 is 0 Å². The van der Waals surface area contributed by atoms with Gasteiger partial charge in [-0.1, -0.05) is 34.1 Å². The monoisotopic (exact) mass is 460 g/mol. The summed E-state index contributed by atoms with van der Waals surface area (Å²) in [6.07, 6.45) is 2.75. The molecule has 2 aromatic rings. The number of ether oxygens (including phenoxy) is 2. The van der Waals surface area contributed by atoms with Crippen LogP contribution in [-0.4, -0.2) is 38.0 Å². The van der Waals surface area contributed by atoms with Gasteiger partial charge in [0.25, 0.3) is 5.91 Å². The van der Waals surface area contributed by atoms with Gasteiger partial charge in [-0.05, 0) is 36.4 Å². The molecule has 2 N–H and O–H groups in total. The van der Waals surface area contributed by atoms with E-state index in [0.29, 0.717) is 17.0 Å². The van der Waals surface area contributed by atoms with E-state index in [1.54, 1.807) is 48.5 Å². The minimum atomic E-state index is -0.678. The number of anilines is 1. The summed E-state index contributed by atoms with van der Waals surface area (Å²) < 4.78 is 11.1. The number of halogens is 1. The Bertz CT molecular complexity index is 899. The molecule has 0 aliphatic carbocycles. The summed E-state index contributed by atoms with van der Waals surface area (Å²) in [4.78, 5) is 37.0. The van der Waals surface area contributed by atoms with Crippen molar-refractivity contribution in [3.05, 3.63) is 64.6 Å². The van der Waals surface area contributed by atoms with Crippen molar-refractivity contribution in [1.29, 1.82) is 0 Å². The number of esters is 1. The molecule has 0 heterocycles. The largest absolute Gasteiger partial charge is 0.496 e. The first-order chi connectivity index (χ1) is 13.9. The summed E-state index contributed by atoms with van der Waals surface area (Å²) in [5.74, 6) is -1.07. The van der Waals surface area contributed by atoms with Gasteiger partial charge in [-0.3, -0.25) is 9.59 Å². The van der Waals surface area contributed by atoms with E-state index in [2.05, 4.69) is 15.9 Å². The molecule has 7 nitrogen and oxygen atoms in total. The normalized spacial score (nSPS) is 10.6. The predicted octanol–water partition coefficient (Wildman–Crippen LogP) is 2.92. The molecule has 0 unspecified atom stereocenters.